The number of hydrogen-bond donors (Lipinski definition) is 2. The number of benzene rings is 3. The van der Waals surface area contributed by atoms with Crippen LogP contribution in [0.25, 0.3) is 11.0 Å². The summed E-state index contributed by atoms with van der Waals surface area (Å²) in [6, 6.07) is 18.9. The predicted molar refractivity (Wildman–Crippen MR) is 232 cm³/mol. The highest BCUT2D eigenvalue weighted by molar-refractivity contribution is 6.02. The molecule has 1 unspecified atom stereocenters. The van der Waals surface area contributed by atoms with Crippen LogP contribution in [-0.4, -0.2) is 94.7 Å². The highest BCUT2D eigenvalue weighted by atomic mass is 19.4. The topological polar surface area (TPSA) is 127 Å². The Kier molecular flexibility index (Phi) is 13.6. The first-order chi connectivity index (χ1) is 30.3. The molecule has 2 aliphatic heterocycles. The number of ether oxygens (including phenoxy) is 2. The first-order valence-electron chi connectivity index (χ1n) is 21.9. The number of amides is 3. The first-order valence-corrected chi connectivity index (χ1v) is 21.9. The van der Waals surface area contributed by atoms with Gasteiger partial charge in [-0.15, -0.1) is 0 Å². The Morgan fingerprint density at radius 2 is 1.56 bits per heavy atom. The molecule has 3 heterocycles. The van der Waals surface area contributed by atoms with E-state index in [1.54, 1.807) is 49.4 Å². The van der Waals surface area contributed by atoms with E-state index in [0.29, 0.717) is 60.6 Å². The average molecular weight is 897 g/mol. The van der Waals surface area contributed by atoms with Crippen LogP contribution in [0.15, 0.2) is 71.5 Å². The number of hydrogen-bond acceptors (Lipinski definition) is 8. The lowest BCUT2D eigenvalue weighted by Gasteiger charge is -2.43. The van der Waals surface area contributed by atoms with Gasteiger partial charge in [-0.25, -0.2) is 13.6 Å². The quantitative estimate of drug-likeness (QED) is 0.0918. The molecule has 3 aliphatic rings. The standard InChI is InChI=1S/C47H57F5N6O6/c1-44(2,47(50,51)52)30-57(27-24-45(20-22-46(48,49)23-21-45)32-10-14-33(63-4)15-11-32)28-31-8-12-34(13-9-31)64-35-18-25-56(26-19-35)29-40(60)53-36-6-5-7-37-41(36)55(3)43(62)58(37)38-16-17-39(59)54-42(38)61/h5-15,35,38H,16-30H2,1-4H3,(H,53,60)(H,54,59,61). The monoisotopic (exact) mass is 896 g/mol. The van der Waals surface area contributed by atoms with Crippen molar-refractivity contribution in [3.05, 3.63) is 88.3 Å². The van der Waals surface area contributed by atoms with Gasteiger partial charge in [0.25, 0.3) is 0 Å². The second kappa shape index (κ2) is 18.7. The summed E-state index contributed by atoms with van der Waals surface area (Å²) in [5, 5.41) is 5.23. The Hall–Kier alpha value is -5.29. The summed E-state index contributed by atoms with van der Waals surface area (Å²) < 4.78 is 86.0. The molecule has 0 spiro atoms. The molecule has 17 heteroatoms. The number of halogens is 5. The van der Waals surface area contributed by atoms with Crippen LogP contribution in [0.4, 0.5) is 27.6 Å². The smallest absolute Gasteiger partial charge is 0.395 e. The molecule has 346 valence electrons. The first kappa shape index (κ1) is 46.7. The number of aryl methyl sites for hydroxylation is 1. The minimum absolute atomic E-state index is 0.106. The Bertz CT molecular complexity index is 2360. The van der Waals surface area contributed by atoms with Gasteiger partial charge in [0.05, 0.1) is 35.8 Å². The van der Waals surface area contributed by atoms with Crippen LogP contribution in [0.3, 0.4) is 0 Å². The zero-order valence-electron chi connectivity index (χ0n) is 36.7. The molecular formula is C47H57F5N6O6. The highest BCUT2D eigenvalue weighted by Gasteiger charge is 2.49. The number of anilines is 1. The Labute approximate surface area is 369 Å². The number of rotatable bonds is 15. The maximum atomic E-state index is 14.4. The molecule has 1 aromatic heterocycles. The van der Waals surface area contributed by atoms with Crippen molar-refractivity contribution in [1.82, 2.24) is 24.3 Å². The van der Waals surface area contributed by atoms with E-state index in [1.807, 2.05) is 41.3 Å². The van der Waals surface area contributed by atoms with E-state index in [2.05, 4.69) is 10.6 Å². The molecule has 2 N–H and O–H groups in total. The normalized spacial score (nSPS) is 19.8. The van der Waals surface area contributed by atoms with Crippen molar-refractivity contribution in [2.24, 2.45) is 12.5 Å². The third-order valence-electron chi connectivity index (χ3n) is 13.4. The van der Waals surface area contributed by atoms with Crippen LogP contribution < -0.4 is 25.8 Å². The fourth-order valence-electron chi connectivity index (χ4n) is 9.43. The number of aromatic nitrogens is 2. The Morgan fingerprint density at radius 3 is 2.19 bits per heavy atom. The maximum absolute atomic E-state index is 14.4. The number of para-hydroxylation sites is 1. The number of likely N-dealkylation sites (tertiary alicyclic amines) is 1. The molecule has 1 atom stereocenters. The molecule has 12 nitrogen and oxygen atoms in total. The third-order valence-corrected chi connectivity index (χ3v) is 13.4. The summed E-state index contributed by atoms with van der Waals surface area (Å²) in [4.78, 5) is 54.7. The lowest BCUT2D eigenvalue weighted by Crippen LogP contribution is -2.45. The van der Waals surface area contributed by atoms with Gasteiger partial charge in [0, 0.05) is 52.5 Å². The maximum Gasteiger partial charge on any atom is 0.395 e. The van der Waals surface area contributed by atoms with E-state index >= 15 is 0 Å². The number of nitrogens with one attached hydrogen (secondary N) is 2. The van der Waals surface area contributed by atoms with Crippen LogP contribution >= 0.6 is 0 Å². The summed E-state index contributed by atoms with van der Waals surface area (Å²) in [5.41, 5.74) is -0.0179. The number of imidazole rings is 1. The van der Waals surface area contributed by atoms with Gasteiger partial charge >= 0.3 is 11.9 Å². The van der Waals surface area contributed by atoms with Gasteiger partial charge in [-0.2, -0.15) is 13.2 Å². The van der Waals surface area contributed by atoms with Gasteiger partial charge in [-0.05, 0) is 112 Å². The van der Waals surface area contributed by atoms with Gasteiger partial charge in [-0.1, -0.05) is 30.3 Å². The molecular weight excluding hydrogens is 840 g/mol. The van der Waals surface area contributed by atoms with Gasteiger partial charge in [0.2, 0.25) is 23.6 Å². The van der Waals surface area contributed by atoms with Crippen molar-refractivity contribution in [2.75, 3.05) is 45.2 Å². The van der Waals surface area contributed by atoms with Gasteiger partial charge in [0.15, 0.2) is 0 Å². The van der Waals surface area contributed by atoms with Crippen LogP contribution in [0.2, 0.25) is 0 Å². The van der Waals surface area contributed by atoms with E-state index in [4.69, 9.17) is 9.47 Å². The number of methoxy groups -OCH3 is 1. The van der Waals surface area contributed by atoms with E-state index in [0.717, 1.165) is 11.1 Å². The minimum Gasteiger partial charge on any atom is -0.497 e. The van der Waals surface area contributed by atoms with Crippen molar-refractivity contribution in [3.8, 4) is 11.5 Å². The Balaban J connectivity index is 0.947. The lowest BCUT2D eigenvalue weighted by molar-refractivity contribution is -0.217. The average Bonchev–Trinajstić information content (AvgIpc) is 3.50. The van der Waals surface area contributed by atoms with Crippen LogP contribution in [-0.2, 0) is 33.4 Å². The SMILES string of the molecule is COc1ccc(C2(CCN(Cc3ccc(OC4CCN(CC(=O)Nc5cccc6c5n(C)c(=O)n6C5CCC(=O)NC5=O)CC4)cc3)CC(C)(C)C(F)(F)F)CCC(F)(F)CC2)cc1. The van der Waals surface area contributed by atoms with Crippen LogP contribution in [0.1, 0.15) is 88.8 Å². The summed E-state index contributed by atoms with van der Waals surface area (Å²) in [6.45, 7) is 3.89. The predicted octanol–water partition coefficient (Wildman–Crippen LogP) is 7.74. The molecule has 0 radical (unpaired) electrons. The molecule has 3 amide bonds. The molecule has 1 saturated carbocycles. The third kappa shape index (κ3) is 10.5. The number of carbonyl (C=O) groups excluding carboxylic acids is 3. The molecule has 4 aromatic rings. The van der Waals surface area contributed by atoms with Crippen molar-refractivity contribution < 1.29 is 45.8 Å². The van der Waals surface area contributed by atoms with Crippen LogP contribution in [0, 0.1) is 5.41 Å². The second-order valence-electron chi connectivity index (χ2n) is 18.3. The number of nitrogens with zero attached hydrogens (tertiary/aromatic N) is 4. The van der Waals surface area contributed by atoms with E-state index in [-0.39, 0.29) is 82.6 Å². The molecule has 7 rings (SSSR count). The fraction of sp³-hybridized carbons (Fsp3) is 0.532. The lowest BCUT2D eigenvalue weighted by atomic mass is 9.66. The molecule has 3 aromatic carbocycles. The van der Waals surface area contributed by atoms with E-state index in [9.17, 15) is 41.1 Å². The molecule has 1 aliphatic carbocycles. The zero-order chi connectivity index (χ0) is 46.0. The number of fused-ring (bicyclic) bond motifs is 1. The fourth-order valence-corrected chi connectivity index (χ4v) is 9.43. The number of imide groups is 1. The van der Waals surface area contributed by atoms with Gasteiger partial charge < -0.3 is 14.8 Å². The van der Waals surface area contributed by atoms with Crippen molar-refractivity contribution >= 4 is 34.4 Å². The molecule has 3 fully saturated rings. The van der Waals surface area contributed by atoms with E-state index in [1.165, 1.54) is 23.0 Å². The molecule has 64 heavy (non-hydrogen) atoms. The van der Waals surface area contributed by atoms with Gasteiger partial charge in [-0.3, -0.25) is 38.6 Å². The number of carbonyl (C=O) groups is 3. The Morgan fingerprint density at radius 1 is 0.906 bits per heavy atom. The number of piperidine rings is 2. The summed E-state index contributed by atoms with van der Waals surface area (Å²) in [6.07, 6.45) is -2.65. The van der Waals surface area contributed by atoms with Crippen molar-refractivity contribution in [1.29, 1.82) is 0 Å². The van der Waals surface area contributed by atoms with Crippen molar-refractivity contribution in [3.63, 3.8) is 0 Å². The van der Waals surface area contributed by atoms with Crippen LogP contribution in [0.5, 0.6) is 11.5 Å². The molecule has 2 saturated heterocycles. The summed E-state index contributed by atoms with van der Waals surface area (Å²) in [5.74, 6) is -2.71. The highest BCUT2D eigenvalue weighted by Crippen LogP contribution is 2.48. The van der Waals surface area contributed by atoms with E-state index < -0.39 is 40.6 Å². The summed E-state index contributed by atoms with van der Waals surface area (Å²) >= 11 is 0. The number of alkyl halides is 5. The second-order valence-corrected chi connectivity index (χ2v) is 18.3. The van der Waals surface area contributed by atoms with Gasteiger partial charge in [0.1, 0.15) is 23.6 Å². The summed E-state index contributed by atoms with van der Waals surface area (Å²) in [7, 11) is 3.12. The molecule has 0 bridgehead atoms. The zero-order valence-corrected chi connectivity index (χ0v) is 36.7. The van der Waals surface area contributed by atoms with Crippen molar-refractivity contribution in [2.45, 2.75) is 108 Å². The minimum atomic E-state index is -4.45. The largest absolute Gasteiger partial charge is 0.497 e.